The Balaban J connectivity index is 2.17. The van der Waals surface area contributed by atoms with Crippen LogP contribution in [0.4, 0.5) is 5.00 Å². The fourth-order valence-corrected chi connectivity index (χ4v) is 2.69. The molecule has 0 saturated heterocycles. The monoisotopic (exact) mass is 270 g/mol. The second kappa shape index (κ2) is 6.17. The topological polar surface area (TPSA) is 52.9 Å². The second-order valence-corrected chi connectivity index (χ2v) is 5.05. The van der Waals surface area contributed by atoms with Crippen LogP contribution in [-0.2, 0) is 4.79 Å². The van der Waals surface area contributed by atoms with Crippen LogP contribution in [0.1, 0.15) is 30.4 Å². The van der Waals surface area contributed by atoms with E-state index < -0.39 is 0 Å². The highest BCUT2D eigenvalue weighted by Gasteiger charge is 2.19. The maximum atomic E-state index is 12.3. The van der Waals surface area contributed by atoms with Crippen molar-refractivity contribution in [1.29, 1.82) is 5.26 Å². The number of benzene rings is 1. The summed E-state index contributed by atoms with van der Waals surface area (Å²) < 4.78 is 0. The van der Waals surface area contributed by atoms with Gasteiger partial charge in [-0.2, -0.15) is 5.26 Å². The van der Waals surface area contributed by atoms with E-state index in [0.29, 0.717) is 10.6 Å². The number of carbonyl (C=O) groups excluding carboxylic acids is 1. The number of thiophene rings is 1. The molecule has 0 fully saturated rings. The van der Waals surface area contributed by atoms with E-state index in [1.54, 1.807) is 11.4 Å². The normalized spacial score (nSPS) is 11.6. The Morgan fingerprint density at radius 3 is 2.74 bits per heavy atom. The molecule has 1 aromatic carbocycles. The predicted molar refractivity (Wildman–Crippen MR) is 77.1 cm³/mol. The van der Waals surface area contributed by atoms with Crippen LogP contribution in [0.15, 0.2) is 41.8 Å². The number of amides is 1. The van der Waals surface area contributed by atoms with Crippen LogP contribution in [0.2, 0.25) is 0 Å². The van der Waals surface area contributed by atoms with Crippen LogP contribution in [0.5, 0.6) is 0 Å². The SMILES string of the molecule is CC[C@H](C(=O)Nc1sccc1C#N)c1ccccc1. The van der Waals surface area contributed by atoms with Gasteiger partial charge in [0.2, 0.25) is 5.91 Å². The van der Waals surface area contributed by atoms with E-state index in [1.165, 1.54) is 11.3 Å². The smallest absolute Gasteiger partial charge is 0.232 e. The molecular formula is C15H14N2OS. The first kappa shape index (κ1) is 13.3. The van der Waals surface area contributed by atoms with E-state index in [-0.39, 0.29) is 11.8 Å². The molecule has 0 radical (unpaired) electrons. The molecular weight excluding hydrogens is 256 g/mol. The van der Waals surface area contributed by atoms with Crippen molar-refractivity contribution < 1.29 is 4.79 Å². The highest BCUT2D eigenvalue weighted by Crippen LogP contribution is 2.26. The lowest BCUT2D eigenvalue weighted by Gasteiger charge is -2.14. The zero-order valence-corrected chi connectivity index (χ0v) is 11.4. The summed E-state index contributed by atoms with van der Waals surface area (Å²) in [6, 6.07) is 13.5. The molecule has 2 aromatic rings. The third-order valence-electron chi connectivity index (χ3n) is 2.95. The van der Waals surface area contributed by atoms with E-state index in [9.17, 15) is 4.79 Å². The second-order valence-electron chi connectivity index (χ2n) is 4.14. The Hall–Kier alpha value is -2.12. The Morgan fingerprint density at radius 2 is 2.11 bits per heavy atom. The zero-order chi connectivity index (χ0) is 13.7. The van der Waals surface area contributed by atoms with Gasteiger partial charge in [0, 0.05) is 0 Å². The summed E-state index contributed by atoms with van der Waals surface area (Å²) in [6.07, 6.45) is 0.725. The van der Waals surface area contributed by atoms with Gasteiger partial charge in [0.25, 0.3) is 0 Å². The fourth-order valence-electron chi connectivity index (χ4n) is 1.95. The molecule has 0 aliphatic heterocycles. The number of carbonyl (C=O) groups is 1. The average molecular weight is 270 g/mol. The van der Waals surface area contributed by atoms with Gasteiger partial charge in [-0.05, 0) is 23.4 Å². The van der Waals surface area contributed by atoms with Gasteiger partial charge in [-0.15, -0.1) is 11.3 Å². The Morgan fingerprint density at radius 1 is 1.37 bits per heavy atom. The molecule has 0 bridgehead atoms. The molecule has 0 spiro atoms. The molecule has 4 heteroatoms. The predicted octanol–water partition coefficient (Wildman–Crippen LogP) is 3.75. The van der Waals surface area contributed by atoms with Gasteiger partial charge in [0.05, 0.1) is 11.5 Å². The third kappa shape index (κ3) is 3.01. The van der Waals surface area contributed by atoms with E-state index in [0.717, 1.165) is 12.0 Å². The summed E-state index contributed by atoms with van der Waals surface area (Å²) >= 11 is 1.37. The zero-order valence-electron chi connectivity index (χ0n) is 10.6. The van der Waals surface area contributed by atoms with Crippen LogP contribution in [0.3, 0.4) is 0 Å². The number of rotatable bonds is 4. The summed E-state index contributed by atoms with van der Waals surface area (Å²) in [5.41, 5.74) is 1.51. The fraction of sp³-hybridized carbons (Fsp3) is 0.200. The number of nitriles is 1. The lowest BCUT2D eigenvalue weighted by Crippen LogP contribution is -2.20. The van der Waals surface area contributed by atoms with Crippen molar-refractivity contribution in [3.8, 4) is 6.07 Å². The largest absolute Gasteiger partial charge is 0.316 e. The molecule has 1 amide bonds. The van der Waals surface area contributed by atoms with Gasteiger partial charge in [-0.25, -0.2) is 0 Å². The van der Waals surface area contributed by atoms with Gasteiger partial charge in [-0.1, -0.05) is 37.3 Å². The lowest BCUT2D eigenvalue weighted by atomic mass is 9.96. The van der Waals surface area contributed by atoms with Crippen LogP contribution >= 0.6 is 11.3 Å². The quantitative estimate of drug-likeness (QED) is 0.919. The van der Waals surface area contributed by atoms with Crippen LogP contribution < -0.4 is 5.32 Å². The molecule has 1 N–H and O–H groups in total. The van der Waals surface area contributed by atoms with Crippen molar-refractivity contribution in [1.82, 2.24) is 0 Å². The van der Waals surface area contributed by atoms with Gasteiger partial charge in [-0.3, -0.25) is 4.79 Å². The first-order valence-corrected chi connectivity index (χ1v) is 6.97. The minimum absolute atomic E-state index is 0.0624. The molecule has 1 atom stereocenters. The van der Waals surface area contributed by atoms with E-state index in [4.69, 9.17) is 5.26 Å². The maximum absolute atomic E-state index is 12.3. The molecule has 2 rings (SSSR count). The minimum atomic E-state index is -0.185. The first-order chi connectivity index (χ1) is 9.26. The van der Waals surface area contributed by atoms with Crippen molar-refractivity contribution in [3.63, 3.8) is 0 Å². The van der Waals surface area contributed by atoms with Crippen molar-refractivity contribution in [2.75, 3.05) is 5.32 Å². The van der Waals surface area contributed by atoms with Crippen molar-refractivity contribution in [2.24, 2.45) is 0 Å². The summed E-state index contributed by atoms with van der Waals surface area (Å²) in [5, 5.41) is 14.2. The Bertz CT molecular complexity index is 598. The molecule has 3 nitrogen and oxygen atoms in total. The molecule has 0 saturated carbocycles. The minimum Gasteiger partial charge on any atom is -0.316 e. The highest BCUT2D eigenvalue weighted by atomic mass is 32.1. The molecule has 0 unspecified atom stereocenters. The standard InChI is InChI=1S/C15H14N2OS/c1-2-13(11-6-4-3-5-7-11)14(18)17-15-12(10-16)8-9-19-15/h3-9,13H,2H2,1H3,(H,17,18)/t13-/m0/s1. The number of hydrogen-bond donors (Lipinski definition) is 1. The Labute approximate surface area is 116 Å². The number of nitrogens with zero attached hydrogens (tertiary/aromatic N) is 1. The Kier molecular flexibility index (Phi) is 4.32. The average Bonchev–Trinajstić information content (AvgIpc) is 2.88. The molecule has 19 heavy (non-hydrogen) atoms. The molecule has 1 aromatic heterocycles. The van der Waals surface area contributed by atoms with Gasteiger partial charge in [0.15, 0.2) is 0 Å². The summed E-state index contributed by atoms with van der Waals surface area (Å²) in [4.78, 5) is 12.3. The lowest BCUT2D eigenvalue weighted by molar-refractivity contribution is -0.117. The molecule has 0 aliphatic rings. The van der Waals surface area contributed by atoms with Crippen LogP contribution in [0.25, 0.3) is 0 Å². The molecule has 1 heterocycles. The highest BCUT2D eigenvalue weighted by molar-refractivity contribution is 7.14. The molecule has 0 aliphatic carbocycles. The van der Waals surface area contributed by atoms with Crippen molar-refractivity contribution >= 4 is 22.2 Å². The van der Waals surface area contributed by atoms with E-state index in [2.05, 4.69) is 11.4 Å². The van der Waals surface area contributed by atoms with E-state index >= 15 is 0 Å². The van der Waals surface area contributed by atoms with Gasteiger partial charge in [0.1, 0.15) is 11.1 Å². The summed E-state index contributed by atoms with van der Waals surface area (Å²) in [6.45, 7) is 1.98. The summed E-state index contributed by atoms with van der Waals surface area (Å²) in [5.74, 6) is -0.248. The third-order valence-corrected chi connectivity index (χ3v) is 3.78. The molecule has 96 valence electrons. The summed E-state index contributed by atoms with van der Waals surface area (Å²) in [7, 11) is 0. The number of nitrogens with one attached hydrogen (secondary N) is 1. The van der Waals surface area contributed by atoms with Crippen LogP contribution in [-0.4, -0.2) is 5.91 Å². The van der Waals surface area contributed by atoms with Gasteiger partial charge < -0.3 is 5.32 Å². The van der Waals surface area contributed by atoms with Gasteiger partial charge >= 0.3 is 0 Å². The number of anilines is 1. The van der Waals surface area contributed by atoms with Crippen LogP contribution in [0, 0.1) is 11.3 Å². The maximum Gasteiger partial charge on any atom is 0.232 e. The van der Waals surface area contributed by atoms with E-state index in [1.807, 2.05) is 37.3 Å². The number of hydrogen-bond acceptors (Lipinski definition) is 3. The van der Waals surface area contributed by atoms with Crippen molar-refractivity contribution in [3.05, 3.63) is 52.9 Å². The van der Waals surface area contributed by atoms with Crippen molar-refractivity contribution in [2.45, 2.75) is 19.3 Å². The first-order valence-electron chi connectivity index (χ1n) is 6.09.